The van der Waals surface area contributed by atoms with E-state index in [-0.39, 0.29) is 18.5 Å². The maximum Gasteiger partial charge on any atom is 0.325 e. The fourth-order valence-corrected chi connectivity index (χ4v) is 2.71. The summed E-state index contributed by atoms with van der Waals surface area (Å²) < 4.78 is 5.27. The minimum absolute atomic E-state index is 0.185. The molecule has 112 valence electrons. The number of aromatic nitrogens is 1. The van der Waals surface area contributed by atoms with E-state index < -0.39 is 5.54 Å². The number of nitrogens with two attached hydrogens (primary N) is 1. The molecule has 0 saturated carbocycles. The molecular weight excluding hydrogens is 274 g/mol. The van der Waals surface area contributed by atoms with Gasteiger partial charge in [0, 0.05) is 32.3 Å². The van der Waals surface area contributed by atoms with Gasteiger partial charge in [0.05, 0.1) is 6.54 Å². The van der Waals surface area contributed by atoms with Crippen LogP contribution in [0.2, 0.25) is 0 Å². The predicted molar refractivity (Wildman–Crippen MR) is 73.9 cm³/mol. The van der Waals surface area contributed by atoms with Crippen molar-refractivity contribution in [3.05, 3.63) is 23.9 Å². The van der Waals surface area contributed by atoms with E-state index in [1.165, 1.54) is 4.90 Å². The van der Waals surface area contributed by atoms with Crippen molar-refractivity contribution in [2.24, 2.45) is 5.84 Å². The lowest BCUT2D eigenvalue weighted by Crippen LogP contribution is -2.51. The summed E-state index contributed by atoms with van der Waals surface area (Å²) >= 11 is 0. The van der Waals surface area contributed by atoms with Crippen molar-refractivity contribution < 1.29 is 14.3 Å². The monoisotopic (exact) mass is 291 g/mol. The molecule has 2 fully saturated rings. The maximum atomic E-state index is 12.6. The average Bonchev–Trinajstić information content (AvgIpc) is 2.73. The Kier molecular flexibility index (Phi) is 3.48. The van der Waals surface area contributed by atoms with Crippen LogP contribution in [-0.4, -0.2) is 40.6 Å². The zero-order chi connectivity index (χ0) is 14.9. The summed E-state index contributed by atoms with van der Waals surface area (Å²) in [6.07, 6.45) is 2.60. The third kappa shape index (κ3) is 2.43. The number of pyridine rings is 1. The number of carbonyl (C=O) groups is 2. The summed E-state index contributed by atoms with van der Waals surface area (Å²) in [5.41, 5.74) is 2.43. The molecule has 3 heterocycles. The number of imide groups is 1. The highest BCUT2D eigenvalue weighted by molar-refractivity contribution is 6.07. The van der Waals surface area contributed by atoms with Gasteiger partial charge < -0.3 is 15.5 Å². The summed E-state index contributed by atoms with van der Waals surface area (Å²) in [6, 6.07) is 3.09. The van der Waals surface area contributed by atoms with Crippen LogP contribution in [0.4, 0.5) is 10.6 Å². The Labute approximate surface area is 121 Å². The Morgan fingerprint density at radius 1 is 1.43 bits per heavy atom. The highest BCUT2D eigenvalue weighted by Gasteiger charge is 2.51. The molecule has 21 heavy (non-hydrogen) atoms. The van der Waals surface area contributed by atoms with Crippen molar-refractivity contribution >= 4 is 17.8 Å². The van der Waals surface area contributed by atoms with Crippen molar-refractivity contribution in [2.45, 2.75) is 24.9 Å². The zero-order valence-electron chi connectivity index (χ0n) is 11.5. The first-order valence-corrected chi connectivity index (χ1v) is 6.78. The summed E-state index contributed by atoms with van der Waals surface area (Å²) in [6.45, 7) is 1.16. The molecule has 0 unspecified atom stereocenters. The lowest BCUT2D eigenvalue weighted by molar-refractivity contribution is -0.134. The number of hydrogen-bond donors (Lipinski definition) is 3. The summed E-state index contributed by atoms with van der Waals surface area (Å²) in [5.74, 6) is 5.61. The second-order valence-corrected chi connectivity index (χ2v) is 5.21. The molecule has 0 aliphatic carbocycles. The van der Waals surface area contributed by atoms with E-state index in [1.54, 1.807) is 18.3 Å². The molecule has 2 aliphatic heterocycles. The fourth-order valence-electron chi connectivity index (χ4n) is 2.71. The molecule has 0 bridgehead atoms. The van der Waals surface area contributed by atoms with Crippen LogP contribution in [-0.2, 0) is 16.1 Å². The third-order valence-electron chi connectivity index (χ3n) is 3.91. The Hall–Kier alpha value is -2.19. The Balaban J connectivity index is 1.79. The molecule has 0 radical (unpaired) electrons. The Morgan fingerprint density at radius 2 is 2.19 bits per heavy atom. The number of amides is 3. The van der Waals surface area contributed by atoms with Gasteiger partial charge in [-0.05, 0) is 17.7 Å². The minimum atomic E-state index is -0.794. The van der Waals surface area contributed by atoms with Crippen molar-refractivity contribution in [1.29, 1.82) is 0 Å². The van der Waals surface area contributed by atoms with Crippen LogP contribution in [0.3, 0.4) is 0 Å². The standard InChI is InChI=1S/C13H17N5O3/c14-17-10-7-9(1-4-15-10)8-18-11(19)13(16-12(18)20)2-5-21-6-3-13/h1,4,7H,2-3,5-6,8,14H2,(H,15,17)(H,16,20). The van der Waals surface area contributed by atoms with Crippen molar-refractivity contribution in [1.82, 2.24) is 15.2 Å². The number of ether oxygens (including phenoxy) is 1. The van der Waals surface area contributed by atoms with E-state index in [0.717, 1.165) is 5.56 Å². The molecule has 4 N–H and O–H groups in total. The number of nitrogens with one attached hydrogen (secondary N) is 2. The largest absolute Gasteiger partial charge is 0.381 e. The zero-order valence-corrected chi connectivity index (χ0v) is 11.5. The highest BCUT2D eigenvalue weighted by Crippen LogP contribution is 2.29. The van der Waals surface area contributed by atoms with Crippen LogP contribution in [0.5, 0.6) is 0 Å². The molecule has 2 aliphatic rings. The Morgan fingerprint density at radius 3 is 2.90 bits per heavy atom. The topological polar surface area (TPSA) is 110 Å². The van der Waals surface area contributed by atoms with Crippen molar-refractivity contribution in [2.75, 3.05) is 18.6 Å². The van der Waals surface area contributed by atoms with Gasteiger partial charge in [-0.2, -0.15) is 0 Å². The fraction of sp³-hybridized carbons (Fsp3) is 0.462. The number of anilines is 1. The molecule has 0 atom stereocenters. The van der Waals surface area contributed by atoms with Crippen LogP contribution < -0.4 is 16.6 Å². The van der Waals surface area contributed by atoms with E-state index in [9.17, 15) is 9.59 Å². The lowest BCUT2D eigenvalue weighted by atomic mass is 9.90. The number of hydrazine groups is 1. The van der Waals surface area contributed by atoms with Gasteiger partial charge in [0.15, 0.2) is 0 Å². The molecule has 0 aromatic carbocycles. The Bertz CT molecular complexity index is 571. The van der Waals surface area contributed by atoms with Gasteiger partial charge >= 0.3 is 6.03 Å². The van der Waals surface area contributed by atoms with Crippen LogP contribution in [0.25, 0.3) is 0 Å². The summed E-state index contributed by atoms with van der Waals surface area (Å²) in [5, 5.41) is 2.82. The van der Waals surface area contributed by atoms with E-state index in [4.69, 9.17) is 10.6 Å². The number of carbonyl (C=O) groups excluding carboxylic acids is 2. The first-order valence-electron chi connectivity index (χ1n) is 6.78. The molecule has 1 aromatic rings. The van der Waals surface area contributed by atoms with Gasteiger partial charge in [0.25, 0.3) is 5.91 Å². The number of urea groups is 1. The number of hydrogen-bond acceptors (Lipinski definition) is 6. The first-order chi connectivity index (χ1) is 10.1. The number of rotatable bonds is 3. The second kappa shape index (κ2) is 5.30. The van der Waals surface area contributed by atoms with Gasteiger partial charge in [-0.25, -0.2) is 15.6 Å². The molecule has 8 heteroatoms. The maximum absolute atomic E-state index is 12.6. The SMILES string of the molecule is NNc1cc(CN2C(=O)NC3(CCOCC3)C2=O)ccn1. The number of nitrogens with zero attached hydrogens (tertiary/aromatic N) is 2. The van der Waals surface area contributed by atoms with Gasteiger partial charge in [0.1, 0.15) is 11.4 Å². The van der Waals surface area contributed by atoms with Gasteiger partial charge in [-0.15, -0.1) is 0 Å². The predicted octanol–water partition coefficient (Wildman–Crippen LogP) is -0.0318. The lowest BCUT2D eigenvalue weighted by Gasteiger charge is -2.30. The third-order valence-corrected chi connectivity index (χ3v) is 3.91. The van der Waals surface area contributed by atoms with Crippen LogP contribution in [0, 0.1) is 0 Å². The molecule has 8 nitrogen and oxygen atoms in total. The first kappa shape index (κ1) is 13.8. The molecule has 1 aromatic heterocycles. The van der Waals surface area contributed by atoms with Gasteiger partial charge in [-0.1, -0.05) is 0 Å². The van der Waals surface area contributed by atoms with Crippen molar-refractivity contribution in [3.63, 3.8) is 0 Å². The van der Waals surface area contributed by atoms with Crippen LogP contribution >= 0.6 is 0 Å². The highest BCUT2D eigenvalue weighted by atomic mass is 16.5. The van der Waals surface area contributed by atoms with Crippen LogP contribution in [0.15, 0.2) is 18.3 Å². The van der Waals surface area contributed by atoms with Crippen molar-refractivity contribution in [3.8, 4) is 0 Å². The van der Waals surface area contributed by atoms with Crippen LogP contribution in [0.1, 0.15) is 18.4 Å². The minimum Gasteiger partial charge on any atom is -0.381 e. The molecular formula is C13H17N5O3. The summed E-state index contributed by atoms with van der Waals surface area (Å²) in [7, 11) is 0. The average molecular weight is 291 g/mol. The molecule has 3 amide bonds. The molecule has 2 saturated heterocycles. The van der Waals surface area contributed by atoms with E-state index in [0.29, 0.717) is 31.9 Å². The normalized spacial score (nSPS) is 20.7. The van der Waals surface area contributed by atoms with Gasteiger partial charge in [-0.3, -0.25) is 9.69 Å². The molecule has 3 rings (SSSR count). The smallest absolute Gasteiger partial charge is 0.325 e. The number of nitrogen functional groups attached to an aromatic ring is 1. The van der Waals surface area contributed by atoms with E-state index in [2.05, 4.69) is 15.7 Å². The summed E-state index contributed by atoms with van der Waals surface area (Å²) in [4.78, 5) is 29.9. The molecule has 1 spiro atoms. The van der Waals surface area contributed by atoms with E-state index >= 15 is 0 Å². The quantitative estimate of drug-likeness (QED) is 0.410. The van der Waals surface area contributed by atoms with E-state index in [1.807, 2.05) is 0 Å². The second-order valence-electron chi connectivity index (χ2n) is 5.21. The van der Waals surface area contributed by atoms with Gasteiger partial charge in [0.2, 0.25) is 0 Å².